The van der Waals surface area contributed by atoms with Gasteiger partial charge in [0.05, 0.1) is 47.3 Å². The molecule has 7 rings (SSSR count). The Hall–Kier alpha value is -5.05. The molecule has 1 aromatic heterocycles. The van der Waals surface area contributed by atoms with Crippen molar-refractivity contribution in [3.8, 4) is 18.2 Å². The fourth-order valence-electron chi connectivity index (χ4n) is 6.87. The Morgan fingerprint density at radius 3 is 2.38 bits per heavy atom. The van der Waals surface area contributed by atoms with Gasteiger partial charge in [0.15, 0.2) is 0 Å². The van der Waals surface area contributed by atoms with E-state index in [1.54, 1.807) is 0 Å². The lowest BCUT2D eigenvalue weighted by atomic mass is 9.80. The van der Waals surface area contributed by atoms with Gasteiger partial charge in [0, 0.05) is 45.0 Å². The number of para-hydroxylation sites is 1. The summed E-state index contributed by atoms with van der Waals surface area (Å²) in [5.74, 6) is 0.0459. The Morgan fingerprint density at radius 1 is 0.821 bits per heavy atom. The molecule has 0 bridgehead atoms. The largest absolute Gasteiger partial charge is 0.337 e. The number of hydrogen-bond acceptors (Lipinski definition) is 4. The maximum Gasteiger partial charge on any atom is 0.0991 e. The summed E-state index contributed by atoms with van der Waals surface area (Å²) in [5, 5.41) is 31.6. The molecule has 0 spiro atoms. The van der Waals surface area contributed by atoms with Crippen LogP contribution in [0.25, 0.3) is 21.8 Å². The van der Waals surface area contributed by atoms with Crippen LogP contribution in [0.3, 0.4) is 0 Å². The number of fused-ring (bicyclic) bond motifs is 6. The molecule has 0 saturated carbocycles. The van der Waals surface area contributed by atoms with E-state index in [-0.39, 0.29) is 29.8 Å². The number of rotatable bonds is 2. The van der Waals surface area contributed by atoms with Gasteiger partial charge in [-0.05, 0) is 60.5 Å². The minimum atomic E-state index is -0.159. The first-order valence-corrected chi connectivity index (χ1v) is 13.4. The second-order valence-electron chi connectivity index (χ2n) is 10.7. The normalized spacial score (nSPS) is 25.0. The Balaban J connectivity index is 1.45. The molecule has 186 valence electrons. The monoisotopic (exact) mass is 503 g/mol. The Labute approximate surface area is 227 Å². The van der Waals surface area contributed by atoms with Crippen LogP contribution >= 0.6 is 0 Å². The number of aromatic nitrogens is 1. The van der Waals surface area contributed by atoms with E-state index in [1.807, 2.05) is 42.5 Å². The molecule has 0 fully saturated rings. The lowest BCUT2D eigenvalue weighted by Gasteiger charge is -2.40. The van der Waals surface area contributed by atoms with Gasteiger partial charge in [-0.1, -0.05) is 49.4 Å². The number of anilines is 1. The van der Waals surface area contributed by atoms with Crippen LogP contribution in [0.2, 0.25) is 0 Å². The highest BCUT2D eigenvalue weighted by molar-refractivity contribution is 6.08. The van der Waals surface area contributed by atoms with Crippen molar-refractivity contribution in [1.82, 2.24) is 4.57 Å². The van der Waals surface area contributed by atoms with Gasteiger partial charge in [-0.2, -0.15) is 15.8 Å². The van der Waals surface area contributed by atoms with E-state index in [2.05, 4.69) is 83.2 Å². The summed E-state index contributed by atoms with van der Waals surface area (Å²) >= 11 is 0. The molecule has 0 amide bonds. The lowest BCUT2D eigenvalue weighted by molar-refractivity contribution is 0.370. The molecular weight excluding hydrogens is 478 g/mol. The zero-order chi connectivity index (χ0) is 26.7. The van der Waals surface area contributed by atoms with Gasteiger partial charge >= 0.3 is 0 Å². The molecule has 5 unspecified atom stereocenters. The number of hydrogen-bond donors (Lipinski definition) is 0. The number of allylic oxidation sites excluding steroid dienone is 4. The molecule has 0 radical (unpaired) electrons. The molecule has 3 aromatic carbocycles. The summed E-state index contributed by atoms with van der Waals surface area (Å²) in [7, 11) is 0. The molecule has 5 atom stereocenters. The van der Waals surface area contributed by atoms with Crippen molar-refractivity contribution in [1.29, 1.82) is 15.8 Å². The Kier molecular flexibility index (Phi) is 5.19. The zero-order valence-corrected chi connectivity index (χ0v) is 21.5. The van der Waals surface area contributed by atoms with Crippen molar-refractivity contribution >= 4 is 27.5 Å². The molecule has 0 saturated heterocycles. The van der Waals surface area contributed by atoms with Crippen molar-refractivity contribution in [3.63, 3.8) is 0 Å². The molecule has 39 heavy (non-hydrogen) atoms. The highest BCUT2D eigenvalue weighted by Crippen LogP contribution is 2.50. The van der Waals surface area contributed by atoms with E-state index in [4.69, 9.17) is 0 Å². The van der Waals surface area contributed by atoms with Crippen LogP contribution in [-0.4, -0.2) is 10.6 Å². The molecule has 1 aliphatic heterocycles. The molecule has 2 heterocycles. The van der Waals surface area contributed by atoms with E-state index in [1.165, 1.54) is 0 Å². The second-order valence-corrected chi connectivity index (χ2v) is 10.7. The maximum absolute atomic E-state index is 10.3. The first kappa shape index (κ1) is 23.1. The minimum Gasteiger partial charge on any atom is -0.337 e. The first-order valence-electron chi connectivity index (χ1n) is 13.4. The third kappa shape index (κ3) is 3.36. The van der Waals surface area contributed by atoms with E-state index in [0.29, 0.717) is 17.5 Å². The van der Waals surface area contributed by atoms with Gasteiger partial charge < -0.3 is 9.47 Å². The average Bonchev–Trinajstić information content (AvgIpc) is 3.49. The smallest absolute Gasteiger partial charge is 0.0991 e. The van der Waals surface area contributed by atoms with Crippen LogP contribution in [0, 0.1) is 45.8 Å². The predicted octanol–water partition coefficient (Wildman–Crippen LogP) is 7.24. The van der Waals surface area contributed by atoms with Crippen molar-refractivity contribution < 1.29 is 0 Å². The summed E-state index contributed by atoms with van der Waals surface area (Å²) < 4.78 is 2.35. The Bertz CT molecular complexity index is 1880. The fourth-order valence-corrected chi connectivity index (χ4v) is 6.87. The number of nitrogens with zero attached hydrogens (tertiary/aromatic N) is 5. The van der Waals surface area contributed by atoms with E-state index < -0.39 is 0 Å². The van der Waals surface area contributed by atoms with Gasteiger partial charge in [0.1, 0.15) is 0 Å². The molecule has 0 N–H and O–H groups in total. The van der Waals surface area contributed by atoms with Crippen LogP contribution < -0.4 is 4.90 Å². The first-order chi connectivity index (χ1) is 19.1. The van der Waals surface area contributed by atoms with E-state index in [0.717, 1.165) is 38.8 Å². The average molecular weight is 504 g/mol. The molecule has 3 aliphatic rings. The molecule has 5 nitrogen and oxygen atoms in total. The van der Waals surface area contributed by atoms with Gasteiger partial charge in [-0.25, -0.2) is 0 Å². The molecule has 5 heteroatoms. The number of benzene rings is 3. The van der Waals surface area contributed by atoms with Crippen LogP contribution in [0.4, 0.5) is 5.69 Å². The van der Waals surface area contributed by atoms with Crippen molar-refractivity contribution in [2.75, 3.05) is 4.90 Å². The maximum atomic E-state index is 10.3. The van der Waals surface area contributed by atoms with Crippen LogP contribution in [0.15, 0.2) is 96.7 Å². The zero-order valence-electron chi connectivity index (χ0n) is 21.5. The SMILES string of the molecule is CC1C(N2c3ccc(C#N)cc3C3C=CC=CC32)=CC(n2c3ccccc3c3cc(C#N)ccc32)CC1C#N. The van der Waals surface area contributed by atoms with Crippen LogP contribution in [0.1, 0.15) is 42.0 Å². The number of nitriles is 3. The molecule has 2 aliphatic carbocycles. The minimum absolute atomic E-state index is 0.0276. The summed E-state index contributed by atoms with van der Waals surface area (Å²) in [6.45, 7) is 2.17. The van der Waals surface area contributed by atoms with Crippen molar-refractivity contribution in [3.05, 3.63) is 113 Å². The van der Waals surface area contributed by atoms with E-state index >= 15 is 0 Å². The summed E-state index contributed by atoms with van der Waals surface area (Å²) in [5.41, 5.74) is 6.89. The lowest BCUT2D eigenvalue weighted by Crippen LogP contribution is -2.38. The van der Waals surface area contributed by atoms with Gasteiger partial charge in [-0.15, -0.1) is 0 Å². The highest BCUT2D eigenvalue weighted by atomic mass is 15.2. The third-order valence-electron chi connectivity index (χ3n) is 8.72. The van der Waals surface area contributed by atoms with Crippen LogP contribution in [0.5, 0.6) is 0 Å². The van der Waals surface area contributed by atoms with Crippen molar-refractivity contribution in [2.24, 2.45) is 11.8 Å². The van der Waals surface area contributed by atoms with Gasteiger partial charge in [-0.3, -0.25) is 0 Å². The fraction of sp³-hybridized carbons (Fsp3) is 0.206. The summed E-state index contributed by atoms with van der Waals surface area (Å²) in [6, 6.07) is 27.5. The molecule has 4 aromatic rings. The highest BCUT2D eigenvalue weighted by Gasteiger charge is 2.43. The van der Waals surface area contributed by atoms with E-state index in [9.17, 15) is 15.8 Å². The summed E-state index contributed by atoms with van der Waals surface area (Å²) in [6.07, 6.45) is 11.7. The standard InChI is InChI=1S/C34H25N5/c1-21-24(20-37)16-25(38-30-8-4-2-6-26(30)28-14-22(18-35)10-12-32(28)38)17-34(21)39-31-9-5-3-7-27(31)29-15-23(19-36)11-13-33(29)39/h2-15,17,21,24-25,27,31H,16H2,1H3. The quantitative estimate of drug-likeness (QED) is 0.289. The predicted molar refractivity (Wildman–Crippen MR) is 153 cm³/mol. The van der Waals surface area contributed by atoms with Gasteiger partial charge in [0.25, 0.3) is 0 Å². The molecular formula is C34H25N5. The second kappa shape index (κ2) is 8.76. The Morgan fingerprint density at radius 2 is 1.56 bits per heavy atom. The third-order valence-corrected chi connectivity index (χ3v) is 8.72. The van der Waals surface area contributed by atoms with Crippen LogP contribution in [-0.2, 0) is 0 Å². The topological polar surface area (TPSA) is 79.5 Å². The van der Waals surface area contributed by atoms with Crippen molar-refractivity contribution in [2.45, 2.75) is 31.3 Å². The summed E-state index contributed by atoms with van der Waals surface area (Å²) in [4.78, 5) is 2.41. The van der Waals surface area contributed by atoms with Gasteiger partial charge in [0.2, 0.25) is 0 Å².